The van der Waals surface area contributed by atoms with Gasteiger partial charge < -0.3 is 20.3 Å². The van der Waals surface area contributed by atoms with Crippen molar-refractivity contribution in [1.82, 2.24) is 15.5 Å². The van der Waals surface area contributed by atoms with E-state index >= 15 is 0 Å². The summed E-state index contributed by atoms with van der Waals surface area (Å²) in [6, 6.07) is 0. The maximum absolute atomic E-state index is 5.04. The Balaban J connectivity index is 2.20. The Morgan fingerprint density at radius 3 is 2.95 bits per heavy atom. The average Bonchev–Trinajstić information content (AvgIpc) is 2.43. The zero-order valence-corrected chi connectivity index (χ0v) is 13.5. The van der Waals surface area contributed by atoms with Crippen molar-refractivity contribution in [2.24, 2.45) is 10.9 Å². The fraction of sp³-hybridized carbons (Fsp3) is 0.933. The summed E-state index contributed by atoms with van der Waals surface area (Å²) < 4.78 is 5.04. The second-order valence-electron chi connectivity index (χ2n) is 5.58. The van der Waals surface area contributed by atoms with Gasteiger partial charge in [-0.1, -0.05) is 6.92 Å². The molecule has 118 valence electrons. The maximum Gasteiger partial charge on any atom is 0.191 e. The maximum atomic E-state index is 5.04. The molecule has 1 fully saturated rings. The molecule has 1 aliphatic heterocycles. The van der Waals surface area contributed by atoms with Crippen molar-refractivity contribution in [3.63, 3.8) is 0 Å². The minimum Gasteiger partial charge on any atom is -0.385 e. The Morgan fingerprint density at radius 2 is 2.25 bits per heavy atom. The first-order valence-corrected chi connectivity index (χ1v) is 7.99. The highest BCUT2D eigenvalue weighted by atomic mass is 16.5. The third-order valence-corrected chi connectivity index (χ3v) is 3.58. The number of methoxy groups -OCH3 is 1. The third kappa shape index (κ3) is 7.70. The van der Waals surface area contributed by atoms with Gasteiger partial charge in [0.2, 0.25) is 0 Å². The summed E-state index contributed by atoms with van der Waals surface area (Å²) in [7, 11) is 1.73. The highest BCUT2D eigenvalue weighted by molar-refractivity contribution is 5.79. The number of aliphatic imine (C=N–C) groups is 1. The van der Waals surface area contributed by atoms with Crippen LogP contribution in [0.1, 0.15) is 33.1 Å². The van der Waals surface area contributed by atoms with Gasteiger partial charge in [-0.15, -0.1) is 0 Å². The van der Waals surface area contributed by atoms with Gasteiger partial charge in [0.25, 0.3) is 0 Å². The van der Waals surface area contributed by atoms with E-state index in [0.29, 0.717) is 0 Å². The molecule has 5 nitrogen and oxygen atoms in total. The standard InChI is InChI=1S/C15H32N4O/c1-4-16-15(17-8-6-12-20-3)18-9-11-19-10-5-7-14(2)13-19/h14H,4-13H2,1-3H3,(H2,16,17,18). The summed E-state index contributed by atoms with van der Waals surface area (Å²) in [4.78, 5) is 7.10. The summed E-state index contributed by atoms with van der Waals surface area (Å²) in [6.45, 7) is 11.5. The number of hydrogen-bond donors (Lipinski definition) is 2. The number of nitrogens with zero attached hydrogens (tertiary/aromatic N) is 2. The van der Waals surface area contributed by atoms with Crippen LogP contribution in [0, 0.1) is 5.92 Å². The Labute approximate surface area is 124 Å². The van der Waals surface area contributed by atoms with Gasteiger partial charge in [-0.05, 0) is 38.6 Å². The van der Waals surface area contributed by atoms with Gasteiger partial charge in [0.1, 0.15) is 0 Å². The van der Waals surface area contributed by atoms with Crippen molar-refractivity contribution in [3.05, 3.63) is 0 Å². The summed E-state index contributed by atoms with van der Waals surface area (Å²) >= 11 is 0. The molecule has 0 aromatic rings. The molecular formula is C15H32N4O. The van der Waals surface area contributed by atoms with Crippen LogP contribution in [0.5, 0.6) is 0 Å². The van der Waals surface area contributed by atoms with Crippen LogP contribution in [-0.4, -0.2) is 63.8 Å². The number of likely N-dealkylation sites (tertiary alicyclic amines) is 1. The number of rotatable bonds is 8. The van der Waals surface area contributed by atoms with E-state index in [1.807, 2.05) is 0 Å². The molecule has 0 amide bonds. The van der Waals surface area contributed by atoms with Crippen LogP contribution in [-0.2, 0) is 4.74 Å². The molecule has 20 heavy (non-hydrogen) atoms. The van der Waals surface area contributed by atoms with Crippen LogP contribution in [0.25, 0.3) is 0 Å². The van der Waals surface area contributed by atoms with E-state index in [4.69, 9.17) is 4.74 Å². The summed E-state index contributed by atoms with van der Waals surface area (Å²) in [5.41, 5.74) is 0. The van der Waals surface area contributed by atoms with E-state index in [9.17, 15) is 0 Å². The lowest BCUT2D eigenvalue weighted by Crippen LogP contribution is -2.43. The van der Waals surface area contributed by atoms with Gasteiger partial charge in [-0.2, -0.15) is 0 Å². The monoisotopic (exact) mass is 284 g/mol. The van der Waals surface area contributed by atoms with E-state index in [2.05, 4.69) is 34.4 Å². The van der Waals surface area contributed by atoms with Crippen molar-refractivity contribution >= 4 is 5.96 Å². The second kappa shape index (κ2) is 10.9. The topological polar surface area (TPSA) is 48.9 Å². The van der Waals surface area contributed by atoms with E-state index < -0.39 is 0 Å². The average molecular weight is 284 g/mol. The van der Waals surface area contributed by atoms with E-state index in [1.165, 1.54) is 25.9 Å². The summed E-state index contributed by atoms with van der Waals surface area (Å²) in [6.07, 6.45) is 3.69. The summed E-state index contributed by atoms with van der Waals surface area (Å²) in [5, 5.41) is 6.70. The third-order valence-electron chi connectivity index (χ3n) is 3.58. The molecule has 0 aliphatic carbocycles. The van der Waals surface area contributed by atoms with Gasteiger partial charge in [-0.25, -0.2) is 0 Å². The Kier molecular flexibility index (Phi) is 9.41. The fourth-order valence-electron chi connectivity index (χ4n) is 2.56. The number of hydrogen-bond acceptors (Lipinski definition) is 3. The van der Waals surface area contributed by atoms with Crippen LogP contribution in [0.3, 0.4) is 0 Å². The van der Waals surface area contributed by atoms with Gasteiger partial charge in [0.15, 0.2) is 5.96 Å². The molecule has 1 unspecified atom stereocenters. The van der Waals surface area contributed by atoms with Crippen molar-refractivity contribution in [2.75, 3.05) is 53.0 Å². The number of ether oxygens (including phenoxy) is 1. The van der Waals surface area contributed by atoms with Crippen LogP contribution in [0.4, 0.5) is 0 Å². The highest BCUT2D eigenvalue weighted by Gasteiger charge is 2.15. The molecule has 0 aromatic heterocycles. The normalized spacial score (nSPS) is 20.9. The van der Waals surface area contributed by atoms with Crippen LogP contribution in [0.2, 0.25) is 0 Å². The zero-order chi connectivity index (χ0) is 14.6. The van der Waals surface area contributed by atoms with E-state index in [0.717, 1.165) is 51.1 Å². The van der Waals surface area contributed by atoms with Crippen LogP contribution < -0.4 is 10.6 Å². The van der Waals surface area contributed by atoms with Crippen molar-refractivity contribution in [2.45, 2.75) is 33.1 Å². The molecule has 1 atom stereocenters. The SMILES string of the molecule is CCNC(=NCCCOC)NCCN1CCCC(C)C1. The number of nitrogens with one attached hydrogen (secondary N) is 2. The zero-order valence-electron chi connectivity index (χ0n) is 13.5. The number of guanidine groups is 1. The van der Waals surface area contributed by atoms with Crippen molar-refractivity contribution in [3.8, 4) is 0 Å². The molecule has 1 rings (SSSR count). The molecular weight excluding hydrogens is 252 g/mol. The molecule has 5 heteroatoms. The first kappa shape index (κ1) is 17.2. The molecule has 2 N–H and O–H groups in total. The Morgan fingerprint density at radius 1 is 1.40 bits per heavy atom. The minimum atomic E-state index is 0.772. The first-order chi connectivity index (χ1) is 9.76. The number of piperidine rings is 1. The predicted molar refractivity (Wildman–Crippen MR) is 85.3 cm³/mol. The van der Waals surface area contributed by atoms with Gasteiger partial charge >= 0.3 is 0 Å². The molecule has 1 saturated heterocycles. The molecule has 1 heterocycles. The van der Waals surface area contributed by atoms with Gasteiger partial charge in [0, 0.05) is 46.4 Å². The molecule has 0 aromatic carbocycles. The molecule has 1 aliphatic rings. The highest BCUT2D eigenvalue weighted by Crippen LogP contribution is 2.14. The van der Waals surface area contributed by atoms with Crippen LogP contribution in [0.15, 0.2) is 4.99 Å². The lowest BCUT2D eigenvalue weighted by molar-refractivity contribution is 0.187. The van der Waals surface area contributed by atoms with Crippen molar-refractivity contribution in [1.29, 1.82) is 0 Å². The summed E-state index contributed by atoms with van der Waals surface area (Å²) in [5.74, 6) is 1.77. The smallest absolute Gasteiger partial charge is 0.191 e. The Bertz CT molecular complexity index is 271. The molecule has 0 spiro atoms. The molecule has 0 radical (unpaired) electrons. The largest absolute Gasteiger partial charge is 0.385 e. The molecule has 0 saturated carbocycles. The second-order valence-corrected chi connectivity index (χ2v) is 5.58. The quantitative estimate of drug-likeness (QED) is 0.401. The lowest BCUT2D eigenvalue weighted by atomic mass is 10.0. The fourth-order valence-corrected chi connectivity index (χ4v) is 2.56. The van der Waals surface area contributed by atoms with E-state index in [1.54, 1.807) is 7.11 Å². The first-order valence-electron chi connectivity index (χ1n) is 7.99. The van der Waals surface area contributed by atoms with Gasteiger partial charge in [0.05, 0.1) is 0 Å². The van der Waals surface area contributed by atoms with Crippen LogP contribution >= 0.6 is 0 Å². The van der Waals surface area contributed by atoms with Gasteiger partial charge in [-0.3, -0.25) is 4.99 Å². The minimum absolute atomic E-state index is 0.772. The van der Waals surface area contributed by atoms with Crippen molar-refractivity contribution < 1.29 is 4.74 Å². The van der Waals surface area contributed by atoms with E-state index in [-0.39, 0.29) is 0 Å². The predicted octanol–water partition coefficient (Wildman–Crippen LogP) is 1.31. The Hall–Kier alpha value is -0.810. The molecule has 0 bridgehead atoms. The lowest BCUT2D eigenvalue weighted by Gasteiger charge is -2.30.